The average Bonchev–Trinajstić information content (AvgIpc) is 3.39. The number of rotatable bonds is 7. The van der Waals surface area contributed by atoms with Gasteiger partial charge in [0, 0.05) is 24.3 Å². The molecule has 0 aliphatic carbocycles. The number of furan rings is 1. The summed E-state index contributed by atoms with van der Waals surface area (Å²) in [5.41, 5.74) is 1.17. The Morgan fingerprint density at radius 3 is 2.43 bits per heavy atom. The molecular formula is C24H32N2O4. The number of hydrogen-bond acceptors (Lipinski definition) is 4. The topological polar surface area (TPSA) is 63.0 Å². The lowest BCUT2D eigenvalue weighted by molar-refractivity contribution is -0.135. The van der Waals surface area contributed by atoms with Gasteiger partial charge in [-0.2, -0.15) is 0 Å². The molecule has 0 radical (unpaired) electrons. The number of ether oxygens (including phenoxy) is 1. The van der Waals surface area contributed by atoms with Gasteiger partial charge in [0.05, 0.1) is 18.9 Å². The average molecular weight is 413 g/mol. The maximum atomic E-state index is 13.3. The van der Waals surface area contributed by atoms with Crippen molar-refractivity contribution in [3.05, 3.63) is 59.5 Å². The van der Waals surface area contributed by atoms with Crippen molar-refractivity contribution in [1.29, 1.82) is 0 Å². The minimum Gasteiger partial charge on any atom is -0.467 e. The van der Waals surface area contributed by atoms with Gasteiger partial charge in [-0.25, -0.2) is 0 Å². The van der Waals surface area contributed by atoms with E-state index in [0.29, 0.717) is 24.4 Å². The molecular weight excluding hydrogens is 380 g/mol. The second-order valence-corrected chi connectivity index (χ2v) is 8.92. The highest BCUT2D eigenvalue weighted by Crippen LogP contribution is 2.20. The van der Waals surface area contributed by atoms with Crippen molar-refractivity contribution in [2.24, 2.45) is 0 Å². The molecule has 2 amide bonds. The molecule has 1 fully saturated rings. The molecule has 0 saturated carbocycles. The lowest BCUT2D eigenvalue weighted by Gasteiger charge is -2.37. The Morgan fingerprint density at radius 1 is 1.13 bits per heavy atom. The SMILES string of the molecule is Cc1ccc(C(=O)N(CC(=O)N(Cc2ccco2)CC2CCCO2)C(C)(C)C)cc1. The van der Waals surface area contributed by atoms with Gasteiger partial charge in [-0.05, 0) is 64.8 Å². The maximum Gasteiger partial charge on any atom is 0.254 e. The van der Waals surface area contributed by atoms with Crippen LogP contribution in [-0.2, 0) is 16.1 Å². The summed E-state index contributed by atoms with van der Waals surface area (Å²) in [6.07, 6.45) is 3.58. The summed E-state index contributed by atoms with van der Waals surface area (Å²) in [6, 6.07) is 11.1. The van der Waals surface area contributed by atoms with Gasteiger partial charge in [0.1, 0.15) is 12.3 Å². The first kappa shape index (κ1) is 22.1. The Bertz CT molecular complexity index is 831. The van der Waals surface area contributed by atoms with Gasteiger partial charge in [-0.15, -0.1) is 0 Å². The molecule has 1 unspecified atom stereocenters. The van der Waals surface area contributed by atoms with Crippen molar-refractivity contribution < 1.29 is 18.7 Å². The van der Waals surface area contributed by atoms with Crippen molar-refractivity contribution in [1.82, 2.24) is 9.80 Å². The normalized spacial score (nSPS) is 16.5. The van der Waals surface area contributed by atoms with Crippen molar-refractivity contribution >= 4 is 11.8 Å². The molecule has 2 heterocycles. The number of hydrogen-bond donors (Lipinski definition) is 0. The Balaban J connectivity index is 1.78. The fourth-order valence-corrected chi connectivity index (χ4v) is 3.58. The number of amides is 2. The molecule has 0 bridgehead atoms. The number of benzene rings is 1. The molecule has 1 aliphatic heterocycles. The van der Waals surface area contributed by atoms with Crippen LogP contribution in [0.2, 0.25) is 0 Å². The summed E-state index contributed by atoms with van der Waals surface area (Å²) in [5.74, 6) is 0.455. The molecule has 1 atom stereocenters. The van der Waals surface area contributed by atoms with Crippen LogP contribution in [0.5, 0.6) is 0 Å². The molecule has 1 aromatic carbocycles. The van der Waals surface area contributed by atoms with E-state index in [0.717, 1.165) is 25.0 Å². The van der Waals surface area contributed by atoms with Crippen LogP contribution in [0.4, 0.5) is 0 Å². The molecule has 162 valence electrons. The minimum atomic E-state index is -0.502. The second kappa shape index (κ2) is 9.47. The Kier molecular flexibility index (Phi) is 6.98. The first-order valence-electron chi connectivity index (χ1n) is 10.5. The largest absolute Gasteiger partial charge is 0.467 e. The van der Waals surface area contributed by atoms with Gasteiger partial charge in [-0.1, -0.05) is 17.7 Å². The van der Waals surface area contributed by atoms with Crippen LogP contribution in [0.15, 0.2) is 47.1 Å². The highest BCUT2D eigenvalue weighted by Gasteiger charge is 2.32. The third-order valence-electron chi connectivity index (χ3n) is 5.37. The maximum absolute atomic E-state index is 13.3. The lowest BCUT2D eigenvalue weighted by atomic mass is 10.0. The van der Waals surface area contributed by atoms with Gasteiger partial charge >= 0.3 is 0 Å². The van der Waals surface area contributed by atoms with E-state index in [1.807, 2.05) is 64.1 Å². The predicted octanol–water partition coefficient (Wildman–Crippen LogP) is 4.04. The van der Waals surface area contributed by atoms with Crippen LogP contribution in [-0.4, -0.2) is 53.0 Å². The second-order valence-electron chi connectivity index (χ2n) is 8.92. The highest BCUT2D eigenvalue weighted by atomic mass is 16.5. The molecule has 0 N–H and O–H groups in total. The van der Waals surface area contributed by atoms with Crippen LogP contribution in [0, 0.1) is 6.92 Å². The monoisotopic (exact) mass is 412 g/mol. The Morgan fingerprint density at radius 2 is 1.87 bits per heavy atom. The van der Waals surface area contributed by atoms with E-state index in [4.69, 9.17) is 9.15 Å². The summed E-state index contributed by atoms with van der Waals surface area (Å²) in [6.45, 7) is 9.42. The Hall–Kier alpha value is -2.60. The number of nitrogens with zero attached hydrogens (tertiary/aromatic N) is 2. The molecule has 1 aromatic heterocycles. The zero-order valence-corrected chi connectivity index (χ0v) is 18.4. The van der Waals surface area contributed by atoms with E-state index < -0.39 is 5.54 Å². The van der Waals surface area contributed by atoms with Gasteiger partial charge in [0.15, 0.2) is 0 Å². The van der Waals surface area contributed by atoms with Crippen molar-refractivity contribution in [3.63, 3.8) is 0 Å². The van der Waals surface area contributed by atoms with Crippen LogP contribution < -0.4 is 0 Å². The number of carbonyl (C=O) groups is 2. The number of carbonyl (C=O) groups excluding carboxylic acids is 2. The predicted molar refractivity (Wildman–Crippen MR) is 115 cm³/mol. The van der Waals surface area contributed by atoms with E-state index in [2.05, 4.69) is 0 Å². The summed E-state index contributed by atoms with van der Waals surface area (Å²) >= 11 is 0. The first-order valence-corrected chi connectivity index (χ1v) is 10.5. The van der Waals surface area contributed by atoms with E-state index in [-0.39, 0.29) is 24.5 Å². The zero-order chi connectivity index (χ0) is 21.7. The summed E-state index contributed by atoms with van der Waals surface area (Å²) in [4.78, 5) is 30.0. The third kappa shape index (κ3) is 5.72. The van der Waals surface area contributed by atoms with Crippen LogP contribution in [0.3, 0.4) is 0 Å². The lowest BCUT2D eigenvalue weighted by Crippen LogP contribution is -2.51. The van der Waals surface area contributed by atoms with E-state index in [1.165, 1.54) is 0 Å². The van der Waals surface area contributed by atoms with Gasteiger partial charge in [0.2, 0.25) is 5.91 Å². The molecule has 6 heteroatoms. The van der Waals surface area contributed by atoms with Crippen LogP contribution in [0.25, 0.3) is 0 Å². The van der Waals surface area contributed by atoms with Crippen LogP contribution in [0.1, 0.15) is 55.3 Å². The molecule has 2 aromatic rings. The van der Waals surface area contributed by atoms with Gasteiger partial charge in [-0.3, -0.25) is 9.59 Å². The highest BCUT2D eigenvalue weighted by molar-refractivity contribution is 5.97. The zero-order valence-electron chi connectivity index (χ0n) is 18.4. The van der Waals surface area contributed by atoms with Crippen LogP contribution >= 0.6 is 0 Å². The van der Waals surface area contributed by atoms with Crippen molar-refractivity contribution in [3.8, 4) is 0 Å². The van der Waals surface area contributed by atoms with Gasteiger partial charge < -0.3 is 19.0 Å². The summed E-state index contributed by atoms with van der Waals surface area (Å²) < 4.78 is 11.2. The Labute approximate surface area is 178 Å². The third-order valence-corrected chi connectivity index (χ3v) is 5.37. The van der Waals surface area contributed by atoms with E-state index in [1.54, 1.807) is 16.1 Å². The molecule has 1 aliphatic rings. The van der Waals surface area contributed by atoms with E-state index in [9.17, 15) is 9.59 Å². The van der Waals surface area contributed by atoms with Crippen molar-refractivity contribution in [2.45, 2.75) is 58.7 Å². The quantitative estimate of drug-likeness (QED) is 0.689. The van der Waals surface area contributed by atoms with Gasteiger partial charge in [0.25, 0.3) is 5.91 Å². The molecule has 3 rings (SSSR count). The summed E-state index contributed by atoms with van der Waals surface area (Å²) in [5, 5.41) is 0. The first-order chi connectivity index (χ1) is 14.2. The minimum absolute atomic E-state index is 0.00361. The van der Waals surface area contributed by atoms with Crippen molar-refractivity contribution in [2.75, 3.05) is 19.7 Å². The number of aryl methyl sites for hydroxylation is 1. The standard InChI is InChI=1S/C24H32N2O4/c1-18-9-11-19(12-10-18)23(28)26(24(2,3)4)17-22(27)25(15-20-7-5-13-29-20)16-21-8-6-14-30-21/h5,7,9-13,21H,6,8,14-17H2,1-4H3. The molecule has 30 heavy (non-hydrogen) atoms. The molecule has 1 saturated heterocycles. The molecule has 6 nitrogen and oxygen atoms in total. The van der Waals surface area contributed by atoms with E-state index >= 15 is 0 Å². The fourth-order valence-electron chi connectivity index (χ4n) is 3.58. The summed E-state index contributed by atoms with van der Waals surface area (Å²) in [7, 11) is 0. The smallest absolute Gasteiger partial charge is 0.254 e. The molecule has 0 spiro atoms. The fraction of sp³-hybridized carbons (Fsp3) is 0.500.